The van der Waals surface area contributed by atoms with E-state index in [1.54, 1.807) is 0 Å². The maximum absolute atomic E-state index is 11.9. The maximum Gasteiger partial charge on any atom is 0.357 e. The Morgan fingerprint density at radius 1 is 1.40 bits per heavy atom. The minimum atomic E-state index is -3.12. The summed E-state index contributed by atoms with van der Waals surface area (Å²) in [7, 11) is -0.376. The van der Waals surface area contributed by atoms with Gasteiger partial charge in [-0.2, -0.15) is 0 Å². The number of morpholine rings is 1. The SMILES string of the molecule is C=C(CN1CCOCC1)P(=O)(OC)OC. The number of nitrogens with zero attached hydrogens (tertiary/aromatic N) is 1. The standard InChI is InChI=1S/C9H18NO4P/c1-9(15(11,12-2)13-3)8-10-4-6-14-7-5-10/h1,4-8H2,2-3H3. The predicted octanol–water partition coefficient (Wildman–Crippen LogP) is 1.32. The van der Waals surface area contributed by atoms with E-state index in [0.717, 1.165) is 13.1 Å². The molecule has 6 heteroatoms. The van der Waals surface area contributed by atoms with E-state index in [-0.39, 0.29) is 0 Å². The molecule has 1 aliphatic rings. The topological polar surface area (TPSA) is 48.0 Å². The van der Waals surface area contributed by atoms with Gasteiger partial charge in [-0.05, 0) is 0 Å². The van der Waals surface area contributed by atoms with Crippen LogP contribution in [0.15, 0.2) is 11.9 Å². The Bertz CT molecular complexity index is 255. The van der Waals surface area contributed by atoms with Crippen LogP contribution in [0.25, 0.3) is 0 Å². The van der Waals surface area contributed by atoms with Gasteiger partial charge in [0.1, 0.15) is 0 Å². The lowest BCUT2D eigenvalue weighted by Gasteiger charge is -2.28. The number of hydrogen-bond donors (Lipinski definition) is 0. The Morgan fingerprint density at radius 2 is 1.93 bits per heavy atom. The summed E-state index contributed by atoms with van der Waals surface area (Å²) in [5.41, 5.74) is 0. The normalized spacial score (nSPS) is 19.1. The van der Waals surface area contributed by atoms with E-state index < -0.39 is 7.60 Å². The summed E-state index contributed by atoms with van der Waals surface area (Å²) in [4.78, 5) is 2.12. The van der Waals surface area contributed by atoms with Crippen LogP contribution in [-0.2, 0) is 18.3 Å². The Kier molecular flexibility index (Phi) is 4.96. The van der Waals surface area contributed by atoms with E-state index in [1.165, 1.54) is 14.2 Å². The van der Waals surface area contributed by atoms with Gasteiger partial charge in [0.2, 0.25) is 0 Å². The highest BCUT2D eigenvalue weighted by molar-refractivity contribution is 7.58. The molecule has 88 valence electrons. The monoisotopic (exact) mass is 235 g/mol. The minimum Gasteiger partial charge on any atom is -0.379 e. The van der Waals surface area contributed by atoms with Gasteiger partial charge in [0.25, 0.3) is 0 Å². The fraction of sp³-hybridized carbons (Fsp3) is 0.778. The molecule has 0 aromatic rings. The fourth-order valence-corrected chi connectivity index (χ4v) is 2.48. The summed E-state index contributed by atoms with van der Waals surface area (Å²) in [5.74, 6) is 0. The quantitative estimate of drug-likeness (QED) is 0.672. The van der Waals surface area contributed by atoms with Crippen LogP contribution >= 0.6 is 7.60 Å². The summed E-state index contributed by atoms with van der Waals surface area (Å²) >= 11 is 0. The molecule has 0 amide bonds. The molecular weight excluding hydrogens is 217 g/mol. The second kappa shape index (κ2) is 5.77. The van der Waals surface area contributed by atoms with Crippen molar-refractivity contribution < 1.29 is 18.3 Å². The van der Waals surface area contributed by atoms with Gasteiger partial charge in [-0.25, -0.2) is 0 Å². The van der Waals surface area contributed by atoms with Crippen molar-refractivity contribution in [2.24, 2.45) is 0 Å². The molecule has 0 aliphatic carbocycles. The molecule has 1 fully saturated rings. The molecule has 0 bridgehead atoms. The van der Waals surface area contributed by atoms with Gasteiger partial charge in [0.15, 0.2) is 0 Å². The maximum atomic E-state index is 11.9. The Balaban J connectivity index is 2.49. The molecule has 1 heterocycles. The van der Waals surface area contributed by atoms with Crippen LogP contribution in [-0.4, -0.2) is 52.0 Å². The third kappa shape index (κ3) is 3.40. The summed E-state index contributed by atoms with van der Waals surface area (Å²) in [6.45, 7) is 7.36. The number of ether oxygens (including phenoxy) is 1. The molecule has 15 heavy (non-hydrogen) atoms. The van der Waals surface area contributed by atoms with Crippen molar-refractivity contribution in [3.8, 4) is 0 Å². The predicted molar refractivity (Wildman–Crippen MR) is 58.0 cm³/mol. The van der Waals surface area contributed by atoms with Crippen molar-refractivity contribution >= 4 is 7.60 Å². The number of hydrogen-bond acceptors (Lipinski definition) is 5. The Morgan fingerprint density at radius 3 is 2.40 bits per heavy atom. The average molecular weight is 235 g/mol. The summed E-state index contributed by atoms with van der Waals surface area (Å²) in [6.07, 6.45) is 0. The zero-order valence-corrected chi connectivity index (χ0v) is 10.2. The van der Waals surface area contributed by atoms with E-state index in [2.05, 4.69) is 11.5 Å². The average Bonchev–Trinajstić information content (AvgIpc) is 2.29. The smallest absolute Gasteiger partial charge is 0.357 e. The zero-order chi connectivity index (χ0) is 11.3. The molecule has 0 radical (unpaired) electrons. The first-order valence-electron chi connectivity index (χ1n) is 4.82. The lowest BCUT2D eigenvalue weighted by atomic mass is 10.4. The van der Waals surface area contributed by atoms with Crippen molar-refractivity contribution in [3.63, 3.8) is 0 Å². The van der Waals surface area contributed by atoms with Crippen LogP contribution in [0.4, 0.5) is 0 Å². The van der Waals surface area contributed by atoms with E-state index in [4.69, 9.17) is 13.8 Å². The second-order valence-corrected chi connectivity index (χ2v) is 5.68. The number of rotatable bonds is 5. The lowest BCUT2D eigenvalue weighted by molar-refractivity contribution is 0.0426. The van der Waals surface area contributed by atoms with Crippen LogP contribution in [0.5, 0.6) is 0 Å². The largest absolute Gasteiger partial charge is 0.379 e. The van der Waals surface area contributed by atoms with Gasteiger partial charge in [0, 0.05) is 39.2 Å². The van der Waals surface area contributed by atoms with E-state index in [9.17, 15) is 4.57 Å². The molecule has 0 N–H and O–H groups in total. The van der Waals surface area contributed by atoms with E-state index in [1.807, 2.05) is 0 Å². The van der Waals surface area contributed by atoms with Crippen molar-refractivity contribution in [1.29, 1.82) is 0 Å². The third-order valence-electron chi connectivity index (χ3n) is 2.38. The van der Waals surface area contributed by atoms with Gasteiger partial charge >= 0.3 is 7.60 Å². The van der Waals surface area contributed by atoms with Gasteiger partial charge < -0.3 is 13.8 Å². The van der Waals surface area contributed by atoms with Crippen molar-refractivity contribution in [2.45, 2.75) is 0 Å². The molecule has 1 aliphatic heterocycles. The Hall–Kier alpha value is -0.190. The van der Waals surface area contributed by atoms with Crippen molar-refractivity contribution in [2.75, 3.05) is 47.1 Å². The first-order chi connectivity index (χ1) is 7.12. The molecule has 0 unspecified atom stereocenters. The summed E-state index contributed by atoms with van der Waals surface area (Å²) in [6, 6.07) is 0. The van der Waals surface area contributed by atoms with Gasteiger partial charge in [0.05, 0.1) is 13.2 Å². The highest BCUT2D eigenvalue weighted by atomic mass is 31.2. The van der Waals surface area contributed by atoms with Gasteiger partial charge in [-0.3, -0.25) is 9.46 Å². The third-order valence-corrected chi connectivity index (χ3v) is 4.26. The van der Waals surface area contributed by atoms with Gasteiger partial charge in [-0.15, -0.1) is 0 Å². The van der Waals surface area contributed by atoms with E-state index in [0.29, 0.717) is 25.1 Å². The molecule has 0 spiro atoms. The van der Waals surface area contributed by atoms with Crippen molar-refractivity contribution in [3.05, 3.63) is 11.9 Å². The minimum absolute atomic E-state index is 0.495. The highest BCUT2D eigenvalue weighted by Gasteiger charge is 2.27. The van der Waals surface area contributed by atoms with Crippen molar-refractivity contribution in [1.82, 2.24) is 4.90 Å². The lowest BCUT2D eigenvalue weighted by Crippen LogP contribution is -2.37. The second-order valence-electron chi connectivity index (χ2n) is 3.32. The molecule has 5 nitrogen and oxygen atoms in total. The first kappa shape index (κ1) is 12.9. The molecule has 0 saturated carbocycles. The fourth-order valence-electron chi connectivity index (χ4n) is 1.44. The van der Waals surface area contributed by atoms with Crippen LogP contribution in [0.1, 0.15) is 0 Å². The first-order valence-corrected chi connectivity index (χ1v) is 6.36. The Labute approximate surface area is 90.5 Å². The highest BCUT2D eigenvalue weighted by Crippen LogP contribution is 2.53. The summed E-state index contributed by atoms with van der Waals surface area (Å²) < 4.78 is 26.9. The van der Waals surface area contributed by atoms with Crippen LogP contribution in [0, 0.1) is 0 Å². The molecular formula is C9H18NO4P. The van der Waals surface area contributed by atoms with Gasteiger partial charge in [-0.1, -0.05) is 6.58 Å². The van der Waals surface area contributed by atoms with Crippen LogP contribution in [0.3, 0.4) is 0 Å². The van der Waals surface area contributed by atoms with Crippen LogP contribution in [0.2, 0.25) is 0 Å². The van der Waals surface area contributed by atoms with Crippen LogP contribution < -0.4 is 0 Å². The zero-order valence-electron chi connectivity index (χ0n) is 9.27. The molecule has 1 saturated heterocycles. The molecule has 0 aromatic heterocycles. The molecule has 0 aromatic carbocycles. The van der Waals surface area contributed by atoms with E-state index >= 15 is 0 Å². The molecule has 1 rings (SSSR count). The summed E-state index contributed by atoms with van der Waals surface area (Å²) in [5, 5.41) is 0.495. The molecule has 0 atom stereocenters.